The average molecular weight is 262 g/mol. The van der Waals surface area contributed by atoms with Crippen LogP contribution in [0.5, 0.6) is 0 Å². The van der Waals surface area contributed by atoms with E-state index < -0.39 is 0 Å². The van der Waals surface area contributed by atoms with E-state index in [1.807, 2.05) is 0 Å². The zero-order chi connectivity index (χ0) is 11.5. The molecule has 0 N–H and O–H groups in total. The number of benzene rings is 1. The first-order valence-corrected chi connectivity index (χ1v) is 6.27. The Labute approximate surface area is 105 Å². The van der Waals surface area contributed by atoms with E-state index in [9.17, 15) is 4.39 Å². The third-order valence-corrected chi connectivity index (χ3v) is 3.45. The summed E-state index contributed by atoms with van der Waals surface area (Å²) in [6.45, 7) is 2.45. The van der Waals surface area contributed by atoms with Gasteiger partial charge in [0, 0.05) is 29.1 Å². The van der Waals surface area contributed by atoms with Crippen molar-refractivity contribution < 1.29 is 4.39 Å². The minimum Gasteiger partial charge on any atom is -0.298 e. The number of alkyl halides is 1. The molecular weight excluding hydrogens is 248 g/mol. The van der Waals surface area contributed by atoms with Crippen molar-refractivity contribution >= 4 is 23.2 Å². The predicted molar refractivity (Wildman–Crippen MR) is 65.6 cm³/mol. The van der Waals surface area contributed by atoms with Gasteiger partial charge in [0.25, 0.3) is 0 Å². The molecule has 0 spiro atoms. The number of hydrogen-bond acceptors (Lipinski definition) is 1. The number of halogens is 3. The zero-order valence-corrected chi connectivity index (χ0v) is 10.4. The zero-order valence-electron chi connectivity index (χ0n) is 8.93. The van der Waals surface area contributed by atoms with Gasteiger partial charge in [-0.3, -0.25) is 4.90 Å². The lowest BCUT2D eigenvalue weighted by Gasteiger charge is -2.29. The molecule has 0 aliphatic carbocycles. The highest BCUT2D eigenvalue weighted by molar-refractivity contribution is 6.30. The largest absolute Gasteiger partial charge is 0.298 e. The first-order valence-electron chi connectivity index (χ1n) is 5.45. The Kier molecular flexibility index (Phi) is 4.06. The molecule has 1 aliphatic heterocycles. The highest BCUT2D eigenvalue weighted by atomic mass is 35.5. The van der Waals surface area contributed by atoms with Crippen molar-refractivity contribution in [3.63, 3.8) is 0 Å². The van der Waals surface area contributed by atoms with Crippen LogP contribution in [-0.4, -0.2) is 23.4 Å². The Bertz CT molecular complexity index is 370. The standard InChI is InChI=1S/C12H14Cl2FN/c13-10-4-3-9(12(15)6-10)7-16-5-1-2-11(14)8-16/h3-4,6,11H,1-2,5,7-8H2. The van der Waals surface area contributed by atoms with Gasteiger partial charge in [-0.05, 0) is 31.5 Å². The Morgan fingerprint density at radius 3 is 2.94 bits per heavy atom. The fourth-order valence-electron chi connectivity index (χ4n) is 2.03. The van der Waals surface area contributed by atoms with E-state index in [4.69, 9.17) is 23.2 Å². The van der Waals surface area contributed by atoms with Crippen LogP contribution in [0.1, 0.15) is 18.4 Å². The maximum absolute atomic E-state index is 13.6. The van der Waals surface area contributed by atoms with Crippen molar-refractivity contribution in [1.82, 2.24) is 4.90 Å². The van der Waals surface area contributed by atoms with Crippen molar-refractivity contribution in [2.45, 2.75) is 24.8 Å². The highest BCUT2D eigenvalue weighted by Crippen LogP contribution is 2.20. The van der Waals surface area contributed by atoms with Crippen LogP contribution in [0.15, 0.2) is 18.2 Å². The second-order valence-corrected chi connectivity index (χ2v) is 5.26. The van der Waals surface area contributed by atoms with E-state index in [0.29, 0.717) is 17.1 Å². The van der Waals surface area contributed by atoms with Gasteiger partial charge in [0.05, 0.1) is 0 Å². The summed E-state index contributed by atoms with van der Waals surface area (Å²) in [5.41, 5.74) is 0.690. The van der Waals surface area contributed by atoms with E-state index >= 15 is 0 Å². The van der Waals surface area contributed by atoms with Crippen molar-refractivity contribution in [3.8, 4) is 0 Å². The maximum atomic E-state index is 13.6. The molecular formula is C12H14Cl2FN. The van der Waals surface area contributed by atoms with Gasteiger partial charge in [-0.25, -0.2) is 4.39 Å². The fraction of sp³-hybridized carbons (Fsp3) is 0.500. The first-order chi connectivity index (χ1) is 7.65. The quantitative estimate of drug-likeness (QED) is 0.735. The van der Waals surface area contributed by atoms with Crippen LogP contribution in [0.2, 0.25) is 5.02 Å². The van der Waals surface area contributed by atoms with Crippen molar-refractivity contribution in [1.29, 1.82) is 0 Å². The molecule has 88 valence electrons. The number of hydrogen-bond donors (Lipinski definition) is 0. The molecule has 1 nitrogen and oxygen atoms in total. The molecule has 2 rings (SSSR count). The SMILES string of the molecule is Fc1cc(Cl)ccc1CN1CCCC(Cl)C1. The van der Waals surface area contributed by atoms with Crippen molar-refractivity contribution in [2.24, 2.45) is 0 Å². The summed E-state index contributed by atoms with van der Waals surface area (Å²) in [5.74, 6) is -0.232. The number of piperidine rings is 1. The third kappa shape index (κ3) is 3.09. The summed E-state index contributed by atoms with van der Waals surface area (Å²) in [6, 6.07) is 4.83. The summed E-state index contributed by atoms with van der Waals surface area (Å²) in [7, 11) is 0. The molecule has 16 heavy (non-hydrogen) atoms. The van der Waals surface area contributed by atoms with Gasteiger partial charge in [-0.2, -0.15) is 0 Å². The number of rotatable bonds is 2. The van der Waals surface area contributed by atoms with Crippen molar-refractivity contribution in [2.75, 3.05) is 13.1 Å². The molecule has 0 bridgehead atoms. The maximum Gasteiger partial charge on any atom is 0.129 e. The van der Waals surface area contributed by atoms with Gasteiger partial charge in [0.1, 0.15) is 5.82 Å². The van der Waals surface area contributed by atoms with E-state index in [1.165, 1.54) is 6.07 Å². The molecule has 1 unspecified atom stereocenters. The Morgan fingerprint density at radius 2 is 2.25 bits per heavy atom. The smallest absolute Gasteiger partial charge is 0.129 e. The van der Waals surface area contributed by atoms with Gasteiger partial charge >= 0.3 is 0 Å². The minimum atomic E-state index is -0.232. The monoisotopic (exact) mass is 261 g/mol. The van der Waals surface area contributed by atoms with Crippen LogP contribution in [0, 0.1) is 5.82 Å². The number of likely N-dealkylation sites (tertiary alicyclic amines) is 1. The van der Waals surface area contributed by atoms with Crippen LogP contribution in [-0.2, 0) is 6.54 Å². The van der Waals surface area contributed by atoms with Gasteiger partial charge in [-0.1, -0.05) is 17.7 Å². The molecule has 1 aliphatic rings. The van der Waals surface area contributed by atoms with Crippen LogP contribution < -0.4 is 0 Å². The normalized spacial score (nSPS) is 22.3. The average Bonchev–Trinajstić information content (AvgIpc) is 2.22. The van der Waals surface area contributed by atoms with Crippen LogP contribution in [0.3, 0.4) is 0 Å². The van der Waals surface area contributed by atoms with Crippen molar-refractivity contribution in [3.05, 3.63) is 34.6 Å². The van der Waals surface area contributed by atoms with Crippen LogP contribution in [0.4, 0.5) is 4.39 Å². The lowest BCUT2D eigenvalue weighted by atomic mass is 10.1. The summed E-state index contributed by atoms with van der Waals surface area (Å²) in [5, 5.41) is 0.638. The van der Waals surface area contributed by atoms with Gasteiger partial charge < -0.3 is 0 Å². The topological polar surface area (TPSA) is 3.24 Å². The summed E-state index contributed by atoms with van der Waals surface area (Å²) in [4.78, 5) is 2.19. The highest BCUT2D eigenvalue weighted by Gasteiger charge is 2.18. The molecule has 1 aromatic rings. The molecule has 0 saturated carbocycles. The first kappa shape index (κ1) is 12.2. The van der Waals surface area contributed by atoms with Gasteiger partial charge in [0.15, 0.2) is 0 Å². The minimum absolute atomic E-state index is 0.198. The molecule has 1 atom stereocenters. The van der Waals surface area contributed by atoms with E-state index in [-0.39, 0.29) is 11.2 Å². The molecule has 1 fully saturated rings. The molecule has 1 saturated heterocycles. The Balaban J connectivity index is 2.02. The summed E-state index contributed by atoms with van der Waals surface area (Å²) in [6.07, 6.45) is 2.14. The third-order valence-electron chi connectivity index (χ3n) is 2.86. The lowest BCUT2D eigenvalue weighted by molar-refractivity contribution is 0.221. The van der Waals surface area contributed by atoms with Crippen LogP contribution in [0.25, 0.3) is 0 Å². The summed E-state index contributed by atoms with van der Waals surface area (Å²) < 4.78 is 13.6. The molecule has 1 heterocycles. The number of nitrogens with zero attached hydrogens (tertiary/aromatic N) is 1. The predicted octanol–water partition coefficient (Wildman–Crippen LogP) is 3.68. The fourth-order valence-corrected chi connectivity index (χ4v) is 2.54. The van der Waals surface area contributed by atoms with E-state index in [2.05, 4.69) is 4.90 Å². The molecule has 0 amide bonds. The van der Waals surface area contributed by atoms with E-state index in [0.717, 1.165) is 25.9 Å². The van der Waals surface area contributed by atoms with E-state index in [1.54, 1.807) is 12.1 Å². The molecule has 0 aromatic heterocycles. The Hall–Kier alpha value is -0.310. The molecule has 0 radical (unpaired) electrons. The lowest BCUT2D eigenvalue weighted by Crippen LogP contribution is -2.35. The summed E-state index contributed by atoms with van der Waals surface area (Å²) >= 11 is 11.8. The van der Waals surface area contributed by atoms with Gasteiger partial charge in [0.2, 0.25) is 0 Å². The molecule has 4 heteroatoms. The van der Waals surface area contributed by atoms with Crippen LogP contribution >= 0.6 is 23.2 Å². The second-order valence-electron chi connectivity index (χ2n) is 4.21. The van der Waals surface area contributed by atoms with Gasteiger partial charge in [-0.15, -0.1) is 11.6 Å². The second kappa shape index (κ2) is 5.35. The Morgan fingerprint density at radius 1 is 1.44 bits per heavy atom. The molecule has 1 aromatic carbocycles.